The first-order valence-corrected chi connectivity index (χ1v) is 16.6. The second-order valence-corrected chi connectivity index (χ2v) is 13.9. The number of unbranched alkanes of at least 4 members (excludes halogenated alkanes) is 1. The van der Waals surface area contributed by atoms with Crippen LogP contribution in [0, 0.1) is 5.41 Å². The van der Waals surface area contributed by atoms with E-state index >= 15 is 0 Å². The highest BCUT2D eigenvalue weighted by Crippen LogP contribution is 2.22. The van der Waals surface area contributed by atoms with Crippen molar-refractivity contribution in [3.63, 3.8) is 0 Å². The van der Waals surface area contributed by atoms with Gasteiger partial charge in [0.2, 0.25) is 11.8 Å². The van der Waals surface area contributed by atoms with Gasteiger partial charge >= 0.3 is 5.97 Å². The first-order valence-electron chi connectivity index (χ1n) is 15.7. The average Bonchev–Trinajstić information content (AvgIpc) is 2.95. The summed E-state index contributed by atoms with van der Waals surface area (Å²) in [4.78, 5) is 36.5. The molecule has 0 saturated heterocycles. The molecule has 0 fully saturated rings. The molecule has 0 saturated carbocycles. The van der Waals surface area contributed by atoms with Crippen molar-refractivity contribution in [1.29, 1.82) is 0 Å². The fraction of sp³-hybridized carbons (Fsp3) is 0.629. The number of carbonyl (C=O) groups excluding carboxylic acids is 3. The van der Waals surface area contributed by atoms with Crippen LogP contribution in [0.3, 0.4) is 0 Å². The summed E-state index contributed by atoms with van der Waals surface area (Å²) in [5.41, 5.74) is -0.962. The SMILES string of the molecule is CC/C=C\C/C=C\C/C=C\C/C=C\C/C=C\CCCC(=O)OCC(C)(C)[C@@H](O)C(=O)NCCC(=O)NCCSC(C)(C)C. The quantitative estimate of drug-likeness (QED) is 0.0648. The van der Waals surface area contributed by atoms with E-state index in [1.807, 2.05) is 0 Å². The molecule has 0 unspecified atom stereocenters. The summed E-state index contributed by atoms with van der Waals surface area (Å²) in [7, 11) is 0. The molecule has 0 heterocycles. The Kier molecular flexibility index (Phi) is 23.3. The Morgan fingerprint density at radius 2 is 1.30 bits per heavy atom. The van der Waals surface area contributed by atoms with Crippen molar-refractivity contribution in [2.45, 2.75) is 110 Å². The van der Waals surface area contributed by atoms with Crippen LogP contribution >= 0.6 is 11.8 Å². The zero-order valence-electron chi connectivity index (χ0n) is 27.5. The Labute approximate surface area is 265 Å². The van der Waals surface area contributed by atoms with Gasteiger partial charge in [-0.2, -0.15) is 11.8 Å². The van der Waals surface area contributed by atoms with Gasteiger partial charge in [0, 0.05) is 41.8 Å². The van der Waals surface area contributed by atoms with Gasteiger partial charge in [0.25, 0.3) is 0 Å². The topological polar surface area (TPSA) is 105 Å². The molecule has 0 rings (SSSR count). The normalized spacial score (nSPS) is 13.6. The number of aliphatic hydroxyl groups is 1. The smallest absolute Gasteiger partial charge is 0.305 e. The summed E-state index contributed by atoms with van der Waals surface area (Å²) in [6.07, 6.45) is 26.8. The van der Waals surface area contributed by atoms with Crippen molar-refractivity contribution in [2.75, 3.05) is 25.4 Å². The van der Waals surface area contributed by atoms with Crippen LogP contribution in [0.15, 0.2) is 60.8 Å². The third-order valence-corrected chi connectivity index (χ3v) is 7.39. The molecular formula is C35H58N2O5S. The van der Waals surface area contributed by atoms with Crippen LogP contribution < -0.4 is 10.6 Å². The minimum atomic E-state index is -1.37. The van der Waals surface area contributed by atoms with E-state index in [4.69, 9.17) is 4.74 Å². The minimum absolute atomic E-state index is 0.0754. The van der Waals surface area contributed by atoms with Crippen LogP contribution in [-0.4, -0.2) is 59.2 Å². The number of nitrogens with one attached hydrogen (secondary N) is 2. The summed E-state index contributed by atoms with van der Waals surface area (Å²) in [5, 5.41) is 15.9. The molecule has 0 radical (unpaired) electrons. The van der Waals surface area contributed by atoms with Crippen LogP contribution in [0.5, 0.6) is 0 Å². The highest BCUT2D eigenvalue weighted by molar-refractivity contribution is 8.00. The molecule has 0 aliphatic carbocycles. The molecular weight excluding hydrogens is 560 g/mol. The molecule has 43 heavy (non-hydrogen) atoms. The maximum absolute atomic E-state index is 12.4. The first-order chi connectivity index (χ1) is 20.4. The molecule has 0 aromatic heterocycles. The Hall–Kier alpha value is -2.58. The summed E-state index contributed by atoms with van der Waals surface area (Å²) in [6, 6.07) is 0. The van der Waals surface area contributed by atoms with Crippen LogP contribution in [0.1, 0.15) is 99.3 Å². The molecule has 0 aliphatic rings. The number of allylic oxidation sites excluding steroid dienone is 10. The zero-order valence-corrected chi connectivity index (χ0v) is 28.3. The Balaban J connectivity index is 4.01. The van der Waals surface area contributed by atoms with E-state index in [1.54, 1.807) is 25.6 Å². The van der Waals surface area contributed by atoms with Gasteiger partial charge in [0.1, 0.15) is 6.10 Å². The van der Waals surface area contributed by atoms with Crippen LogP contribution in [0.4, 0.5) is 0 Å². The third kappa shape index (κ3) is 25.6. The lowest BCUT2D eigenvalue weighted by molar-refractivity contribution is -0.153. The summed E-state index contributed by atoms with van der Waals surface area (Å²) in [5.74, 6) is -0.275. The zero-order chi connectivity index (χ0) is 32.4. The molecule has 8 heteroatoms. The molecule has 244 valence electrons. The van der Waals surface area contributed by atoms with Crippen molar-refractivity contribution >= 4 is 29.5 Å². The number of amides is 2. The number of carbonyl (C=O) groups is 3. The van der Waals surface area contributed by atoms with Gasteiger partial charge in [-0.1, -0.05) is 102 Å². The highest BCUT2D eigenvalue weighted by atomic mass is 32.2. The van der Waals surface area contributed by atoms with E-state index in [9.17, 15) is 19.5 Å². The second kappa shape index (κ2) is 24.8. The van der Waals surface area contributed by atoms with Crippen LogP contribution in [0.25, 0.3) is 0 Å². The fourth-order valence-corrected chi connectivity index (χ4v) is 4.35. The molecule has 0 aromatic rings. The molecule has 0 aliphatic heterocycles. The van der Waals surface area contributed by atoms with E-state index in [2.05, 4.69) is 99.1 Å². The van der Waals surface area contributed by atoms with E-state index in [-0.39, 0.29) is 42.6 Å². The molecule has 1 atom stereocenters. The second-order valence-electron chi connectivity index (χ2n) is 12.0. The maximum atomic E-state index is 12.4. The van der Waals surface area contributed by atoms with Gasteiger partial charge in [-0.05, 0) is 44.9 Å². The number of hydrogen-bond donors (Lipinski definition) is 3. The van der Waals surface area contributed by atoms with Gasteiger partial charge in [-0.3, -0.25) is 14.4 Å². The summed E-state index contributed by atoms with van der Waals surface area (Å²) < 4.78 is 5.48. The van der Waals surface area contributed by atoms with Gasteiger partial charge < -0.3 is 20.5 Å². The van der Waals surface area contributed by atoms with E-state index < -0.39 is 17.4 Å². The van der Waals surface area contributed by atoms with Gasteiger partial charge in [0.15, 0.2) is 0 Å². The number of esters is 1. The van der Waals surface area contributed by atoms with E-state index in [0.29, 0.717) is 13.0 Å². The van der Waals surface area contributed by atoms with Crippen molar-refractivity contribution < 1.29 is 24.2 Å². The van der Waals surface area contributed by atoms with Gasteiger partial charge in [-0.15, -0.1) is 0 Å². The maximum Gasteiger partial charge on any atom is 0.305 e. The number of hydrogen-bond acceptors (Lipinski definition) is 6. The van der Waals surface area contributed by atoms with Crippen LogP contribution in [-0.2, 0) is 19.1 Å². The molecule has 3 N–H and O–H groups in total. The number of thioether (sulfide) groups is 1. The minimum Gasteiger partial charge on any atom is -0.465 e. The monoisotopic (exact) mass is 618 g/mol. The number of aliphatic hydroxyl groups excluding tert-OH is 1. The number of rotatable bonds is 23. The standard InChI is InChI=1S/C35H58N2O5S/c1-7-8-9-10-11-12-13-14-15-16-17-18-19-20-21-22-23-24-31(39)42-29-35(5,6)32(40)33(41)37-26-25-30(38)36-27-28-43-34(2,3)4/h8-9,11-12,14-15,17-18,20-21,32,40H,7,10,13,16,19,22-29H2,1-6H3,(H,36,38)(H,37,41)/b9-8-,12-11-,15-14-,18-17-,21-20-/t32-/m0/s1. The predicted octanol–water partition coefficient (Wildman–Crippen LogP) is 6.99. The summed E-state index contributed by atoms with van der Waals surface area (Å²) >= 11 is 1.77. The van der Waals surface area contributed by atoms with Gasteiger partial charge in [0.05, 0.1) is 6.61 Å². The van der Waals surface area contributed by atoms with Gasteiger partial charge in [-0.25, -0.2) is 0 Å². The lowest BCUT2D eigenvalue weighted by atomic mass is 9.87. The van der Waals surface area contributed by atoms with Crippen molar-refractivity contribution in [3.05, 3.63) is 60.8 Å². The average molecular weight is 619 g/mol. The lowest BCUT2D eigenvalue weighted by Crippen LogP contribution is -2.47. The largest absolute Gasteiger partial charge is 0.465 e. The van der Waals surface area contributed by atoms with Crippen molar-refractivity contribution in [1.82, 2.24) is 10.6 Å². The molecule has 0 aromatic carbocycles. The van der Waals surface area contributed by atoms with Crippen molar-refractivity contribution in [2.24, 2.45) is 5.41 Å². The molecule has 2 amide bonds. The highest BCUT2D eigenvalue weighted by Gasteiger charge is 2.34. The Morgan fingerprint density at radius 1 is 0.767 bits per heavy atom. The number of ether oxygens (including phenoxy) is 1. The molecule has 7 nitrogen and oxygen atoms in total. The third-order valence-electron chi connectivity index (χ3n) is 6.11. The molecule has 0 spiro atoms. The Morgan fingerprint density at radius 3 is 1.84 bits per heavy atom. The van der Waals surface area contributed by atoms with Crippen molar-refractivity contribution in [3.8, 4) is 0 Å². The van der Waals surface area contributed by atoms with Crippen LogP contribution in [0.2, 0.25) is 0 Å². The Bertz CT molecular complexity index is 929. The molecule has 0 bridgehead atoms. The van der Waals surface area contributed by atoms with E-state index in [0.717, 1.165) is 44.3 Å². The lowest BCUT2D eigenvalue weighted by Gasteiger charge is -2.29. The first kappa shape index (κ1) is 40.4. The summed E-state index contributed by atoms with van der Waals surface area (Å²) in [6.45, 7) is 12.5. The fourth-order valence-electron chi connectivity index (χ4n) is 3.54. The predicted molar refractivity (Wildman–Crippen MR) is 182 cm³/mol. The van der Waals surface area contributed by atoms with E-state index in [1.165, 1.54) is 0 Å².